The van der Waals surface area contributed by atoms with Crippen LogP contribution in [-0.4, -0.2) is 10.9 Å². The molecule has 0 spiro atoms. The first kappa shape index (κ1) is 15.5. The molecule has 3 rings (SSSR count). The van der Waals surface area contributed by atoms with Gasteiger partial charge in [0.05, 0.1) is 5.56 Å². The number of alkyl halides is 3. The molecule has 2 unspecified atom stereocenters. The minimum atomic E-state index is -4.33. The highest BCUT2D eigenvalue weighted by molar-refractivity contribution is 5.82. The van der Waals surface area contributed by atoms with Crippen molar-refractivity contribution in [3.8, 4) is 0 Å². The number of hydrogen-bond donors (Lipinski definition) is 1. The SMILES string of the molecule is O=C(NCc1cccnc1)C1CC1c1ccc(C(F)(F)F)cc1. The Morgan fingerprint density at radius 1 is 1.22 bits per heavy atom. The summed E-state index contributed by atoms with van der Waals surface area (Å²) in [6, 6.07) is 8.72. The van der Waals surface area contributed by atoms with Crippen molar-refractivity contribution < 1.29 is 18.0 Å². The average Bonchev–Trinajstić information content (AvgIpc) is 3.34. The second-order valence-electron chi connectivity index (χ2n) is 5.65. The van der Waals surface area contributed by atoms with E-state index in [1.807, 2.05) is 6.07 Å². The molecule has 1 aromatic carbocycles. The third kappa shape index (κ3) is 3.70. The Bertz CT molecular complexity index is 683. The van der Waals surface area contributed by atoms with Crippen molar-refractivity contribution in [2.24, 2.45) is 5.92 Å². The first-order chi connectivity index (χ1) is 10.9. The molecule has 1 fully saturated rings. The Hall–Kier alpha value is -2.37. The summed E-state index contributed by atoms with van der Waals surface area (Å²) >= 11 is 0. The number of hydrogen-bond acceptors (Lipinski definition) is 2. The van der Waals surface area contributed by atoms with E-state index in [9.17, 15) is 18.0 Å². The zero-order valence-electron chi connectivity index (χ0n) is 12.2. The van der Waals surface area contributed by atoms with Crippen LogP contribution in [0.5, 0.6) is 0 Å². The highest BCUT2D eigenvalue weighted by atomic mass is 19.4. The number of nitrogens with zero attached hydrogens (tertiary/aromatic N) is 1. The lowest BCUT2D eigenvalue weighted by Gasteiger charge is -2.08. The van der Waals surface area contributed by atoms with Crippen LogP contribution in [-0.2, 0) is 17.5 Å². The number of carbonyl (C=O) groups excluding carboxylic acids is 1. The Balaban J connectivity index is 1.55. The van der Waals surface area contributed by atoms with Crippen LogP contribution in [0.3, 0.4) is 0 Å². The number of nitrogens with one attached hydrogen (secondary N) is 1. The predicted octanol–water partition coefficient (Wildman–Crippen LogP) is 3.52. The molecule has 0 bridgehead atoms. The maximum atomic E-state index is 12.5. The lowest BCUT2D eigenvalue weighted by molar-refractivity contribution is -0.137. The fourth-order valence-electron chi connectivity index (χ4n) is 2.60. The van der Waals surface area contributed by atoms with Gasteiger partial charge in [-0.1, -0.05) is 18.2 Å². The van der Waals surface area contributed by atoms with Gasteiger partial charge < -0.3 is 5.32 Å². The molecule has 1 aliphatic rings. The van der Waals surface area contributed by atoms with Crippen molar-refractivity contribution in [3.05, 3.63) is 65.5 Å². The number of benzene rings is 1. The fraction of sp³-hybridized carbons (Fsp3) is 0.294. The molecule has 1 N–H and O–H groups in total. The van der Waals surface area contributed by atoms with E-state index in [-0.39, 0.29) is 17.7 Å². The van der Waals surface area contributed by atoms with Crippen molar-refractivity contribution >= 4 is 5.91 Å². The molecule has 1 heterocycles. The van der Waals surface area contributed by atoms with E-state index < -0.39 is 11.7 Å². The molecule has 1 aromatic heterocycles. The van der Waals surface area contributed by atoms with Gasteiger partial charge in [0, 0.05) is 24.9 Å². The summed E-state index contributed by atoms with van der Waals surface area (Å²) in [6.45, 7) is 0.406. The quantitative estimate of drug-likeness (QED) is 0.936. The largest absolute Gasteiger partial charge is 0.416 e. The van der Waals surface area contributed by atoms with Crippen LogP contribution in [0, 0.1) is 5.92 Å². The van der Waals surface area contributed by atoms with E-state index in [0.29, 0.717) is 13.0 Å². The third-order valence-corrected chi connectivity index (χ3v) is 3.98. The van der Waals surface area contributed by atoms with Crippen molar-refractivity contribution in [3.63, 3.8) is 0 Å². The summed E-state index contributed by atoms with van der Waals surface area (Å²) in [7, 11) is 0. The second-order valence-corrected chi connectivity index (χ2v) is 5.65. The van der Waals surface area contributed by atoms with Gasteiger partial charge in [0.25, 0.3) is 0 Å². The van der Waals surface area contributed by atoms with Gasteiger partial charge in [-0.15, -0.1) is 0 Å². The van der Waals surface area contributed by atoms with E-state index in [1.54, 1.807) is 18.5 Å². The Morgan fingerprint density at radius 3 is 2.57 bits per heavy atom. The van der Waals surface area contributed by atoms with E-state index in [0.717, 1.165) is 23.3 Å². The normalized spacial score (nSPS) is 20.1. The molecule has 1 amide bonds. The summed E-state index contributed by atoms with van der Waals surface area (Å²) in [5, 5.41) is 2.84. The highest BCUT2D eigenvalue weighted by Gasteiger charge is 2.44. The zero-order chi connectivity index (χ0) is 16.4. The van der Waals surface area contributed by atoms with Crippen LogP contribution in [0.4, 0.5) is 13.2 Å². The maximum Gasteiger partial charge on any atom is 0.416 e. The first-order valence-corrected chi connectivity index (χ1v) is 7.29. The van der Waals surface area contributed by atoms with Gasteiger partial charge >= 0.3 is 6.18 Å². The predicted molar refractivity (Wildman–Crippen MR) is 78.4 cm³/mol. The topological polar surface area (TPSA) is 42.0 Å². The summed E-state index contributed by atoms with van der Waals surface area (Å²) in [5.41, 5.74) is 1.02. The van der Waals surface area contributed by atoms with Gasteiger partial charge in [-0.05, 0) is 41.7 Å². The summed E-state index contributed by atoms with van der Waals surface area (Å²) in [5.74, 6) is -0.228. The van der Waals surface area contributed by atoms with Gasteiger partial charge in [0.15, 0.2) is 0 Å². The number of pyridine rings is 1. The molecule has 0 radical (unpaired) electrons. The average molecular weight is 320 g/mol. The Labute approximate surface area is 131 Å². The molecule has 0 saturated heterocycles. The van der Waals surface area contributed by atoms with E-state index in [2.05, 4.69) is 10.3 Å². The van der Waals surface area contributed by atoms with Gasteiger partial charge in [-0.3, -0.25) is 9.78 Å². The van der Waals surface area contributed by atoms with Crippen LogP contribution in [0.1, 0.15) is 29.0 Å². The molecular formula is C17H15F3N2O. The number of amides is 1. The zero-order valence-corrected chi connectivity index (χ0v) is 12.2. The van der Waals surface area contributed by atoms with Gasteiger partial charge in [0.2, 0.25) is 5.91 Å². The van der Waals surface area contributed by atoms with E-state index in [4.69, 9.17) is 0 Å². The molecule has 6 heteroatoms. The molecular weight excluding hydrogens is 305 g/mol. The van der Waals surface area contributed by atoms with Gasteiger partial charge in [0.1, 0.15) is 0 Å². The minimum absolute atomic E-state index is 0.00572. The van der Waals surface area contributed by atoms with Crippen molar-refractivity contribution in [2.45, 2.75) is 25.1 Å². The molecule has 1 saturated carbocycles. The summed E-state index contributed by atoms with van der Waals surface area (Å²) in [4.78, 5) is 16.0. The molecule has 2 aromatic rings. The molecule has 23 heavy (non-hydrogen) atoms. The monoisotopic (exact) mass is 320 g/mol. The van der Waals surface area contributed by atoms with Crippen LogP contribution in [0.25, 0.3) is 0 Å². The van der Waals surface area contributed by atoms with Crippen LogP contribution >= 0.6 is 0 Å². The Kier molecular flexibility index (Phi) is 4.07. The van der Waals surface area contributed by atoms with E-state index in [1.165, 1.54) is 12.1 Å². The lowest BCUT2D eigenvalue weighted by Crippen LogP contribution is -2.24. The fourth-order valence-corrected chi connectivity index (χ4v) is 2.60. The third-order valence-electron chi connectivity index (χ3n) is 3.98. The van der Waals surface area contributed by atoms with Gasteiger partial charge in [-0.2, -0.15) is 13.2 Å². The number of rotatable bonds is 4. The second kappa shape index (κ2) is 6.02. The molecule has 2 atom stereocenters. The smallest absolute Gasteiger partial charge is 0.352 e. The number of halogens is 3. The van der Waals surface area contributed by atoms with E-state index >= 15 is 0 Å². The van der Waals surface area contributed by atoms with Crippen molar-refractivity contribution in [2.75, 3.05) is 0 Å². The molecule has 120 valence electrons. The molecule has 1 aliphatic carbocycles. The van der Waals surface area contributed by atoms with Gasteiger partial charge in [-0.25, -0.2) is 0 Å². The first-order valence-electron chi connectivity index (χ1n) is 7.29. The molecule has 3 nitrogen and oxygen atoms in total. The van der Waals surface area contributed by atoms with Crippen molar-refractivity contribution in [1.29, 1.82) is 0 Å². The summed E-state index contributed by atoms with van der Waals surface area (Å²) in [6.07, 6.45) is -0.319. The van der Waals surface area contributed by atoms with Crippen LogP contribution in [0.2, 0.25) is 0 Å². The van der Waals surface area contributed by atoms with Crippen LogP contribution < -0.4 is 5.32 Å². The summed E-state index contributed by atoms with van der Waals surface area (Å²) < 4.78 is 37.6. The lowest BCUT2D eigenvalue weighted by atomic mass is 10.1. The standard InChI is InChI=1S/C17H15F3N2O/c18-17(19,20)13-5-3-12(4-6-13)14-8-15(14)16(23)22-10-11-2-1-7-21-9-11/h1-7,9,14-15H,8,10H2,(H,22,23). The molecule has 0 aliphatic heterocycles. The minimum Gasteiger partial charge on any atom is -0.352 e. The van der Waals surface area contributed by atoms with Crippen molar-refractivity contribution in [1.82, 2.24) is 10.3 Å². The highest BCUT2D eigenvalue weighted by Crippen LogP contribution is 2.48. The van der Waals surface area contributed by atoms with Crippen LogP contribution in [0.15, 0.2) is 48.8 Å². The number of carbonyl (C=O) groups is 1. The number of aromatic nitrogens is 1. The maximum absolute atomic E-state index is 12.5. The Morgan fingerprint density at radius 2 is 1.96 bits per heavy atom.